The van der Waals surface area contributed by atoms with Crippen molar-refractivity contribution in [1.82, 2.24) is 14.8 Å². The lowest BCUT2D eigenvalue weighted by atomic mass is 9.99. The minimum absolute atomic E-state index is 0.0461. The molecular formula is C26H29F3N6O4. The van der Waals surface area contributed by atoms with Crippen molar-refractivity contribution in [3.8, 4) is 0 Å². The molecule has 0 radical (unpaired) electrons. The maximum absolute atomic E-state index is 14.4. The average Bonchev–Trinajstić information content (AvgIpc) is 3.39. The van der Waals surface area contributed by atoms with Crippen LogP contribution in [0, 0.1) is 6.92 Å². The summed E-state index contributed by atoms with van der Waals surface area (Å²) in [6.07, 6.45) is -2.42. The molecule has 5 N–H and O–H groups in total. The van der Waals surface area contributed by atoms with Gasteiger partial charge in [0.2, 0.25) is 0 Å². The van der Waals surface area contributed by atoms with Crippen LogP contribution in [0.2, 0.25) is 0 Å². The highest BCUT2D eigenvalue weighted by Gasteiger charge is 2.42. The van der Waals surface area contributed by atoms with Gasteiger partial charge in [-0.25, -0.2) is 4.79 Å². The summed E-state index contributed by atoms with van der Waals surface area (Å²) in [5, 5.41) is 4.98. The van der Waals surface area contributed by atoms with Gasteiger partial charge in [0.25, 0.3) is 11.8 Å². The number of piperidine rings is 1. The number of anilines is 2. The zero-order valence-corrected chi connectivity index (χ0v) is 21.3. The summed E-state index contributed by atoms with van der Waals surface area (Å²) >= 11 is 0. The van der Waals surface area contributed by atoms with Crippen molar-refractivity contribution in [3.63, 3.8) is 0 Å². The molecule has 4 amide bonds. The van der Waals surface area contributed by atoms with Crippen LogP contribution < -0.4 is 16.4 Å². The number of fused-ring (bicyclic) bond motifs is 1. The van der Waals surface area contributed by atoms with Gasteiger partial charge in [0, 0.05) is 54.9 Å². The Balaban J connectivity index is 1.45. The van der Waals surface area contributed by atoms with Crippen LogP contribution in [-0.2, 0) is 15.7 Å². The Hall–Kier alpha value is -3.84. The third-order valence-corrected chi connectivity index (χ3v) is 7.39. The molecule has 2 aromatic rings. The van der Waals surface area contributed by atoms with E-state index in [1.54, 1.807) is 0 Å². The first-order valence-electron chi connectivity index (χ1n) is 12.7. The largest absolute Gasteiger partial charge is 0.419 e. The molecule has 5 rings (SSSR count). The van der Waals surface area contributed by atoms with Gasteiger partial charge in [-0.05, 0) is 44.0 Å². The normalized spacial score (nSPS) is 19.7. The van der Waals surface area contributed by atoms with E-state index in [1.165, 1.54) is 30.0 Å². The minimum atomic E-state index is -4.86. The number of likely N-dealkylation sites (tertiary alicyclic amines) is 1. The third-order valence-electron chi connectivity index (χ3n) is 7.39. The van der Waals surface area contributed by atoms with E-state index in [2.05, 4.69) is 20.5 Å². The van der Waals surface area contributed by atoms with Crippen LogP contribution in [0.15, 0.2) is 18.2 Å². The molecule has 13 heteroatoms. The Morgan fingerprint density at radius 3 is 2.49 bits per heavy atom. The number of halogens is 3. The smallest absolute Gasteiger partial charge is 0.379 e. The molecule has 0 atom stereocenters. The van der Waals surface area contributed by atoms with E-state index in [9.17, 15) is 27.6 Å². The van der Waals surface area contributed by atoms with Crippen molar-refractivity contribution in [2.45, 2.75) is 32.0 Å². The highest BCUT2D eigenvalue weighted by atomic mass is 19.4. The van der Waals surface area contributed by atoms with Crippen LogP contribution in [0.25, 0.3) is 11.6 Å². The number of aromatic nitrogens is 1. The van der Waals surface area contributed by atoms with Gasteiger partial charge in [-0.1, -0.05) is 0 Å². The van der Waals surface area contributed by atoms with Crippen LogP contribution in [0.4, 0.5) is 29.3 Å². The summed E-state index contributed by atoms with van der Waals surface area (Å²) in [5.41, 5.74) is 4.18. The van der Waals surface area contributed by atoms with Crippen molar-refractivity contribution in [1.29, 1.82) is 0 Å². The second-order valence-electron chi connectivity index (χ2n) is 9.84. The number of benzene rings is 1. The topological polar surface area (TPSA) is 133 Å². The molecule has 3 aliphatic heterocycles. The summed E-state index contributed by atoms with van der Waals surface area (Å²) in [6.45, 7) is 5.05. The number of H-pyrrole nitrogens is 1. The summed E-state index contributed by atoms with van der Waals surface area (Å²) < 4.78 is 48.7. The van der Waals surface area contributed by atoms with E-state index in [1.807, 2.05) is 0 Å². The number of hydrogen-bond acceptors (Lipinski definition) is 5. The number of hydrogen-bond donors (Lipinski definition) is 4. The summed E-state index contributed by atoms with van der Waals surface area (Å²) in [6, 6.07) is 3.90. The van der Waals surface area contributed by atoms with Gasteiger partial charge in [-0.2, -0.15) is 13.2 Å². The van der Waals surface area contributed by atoms with E-state index >= 15 is 0 Å². The molecule has 0 spiro atoms. The second-order valence-corrected chi connectivity index (χ2v) is 9.84. The molecule has 39 heavy (non-hydrogen) atoms. The number of alkyl halides is 3. The molecule has 0 saturated carbocycles. The lowest BCUT2D eigenvalue weighted by Gasteiger charge is -2.40. The van der Waals surface area contributed by atoms with Crippen molar-refractivity contribution >= 4 is 40.9 Å². The van der Waals surface area contributed by atoms with Crippen LogP contribution in [-0.4, -0.2) is 78.1 Å². The van der Waals surface area contributed by atoms with E-state index < -0.39 is 40.8 Å². The number of aromatic amines is 1. The molecular weight excluding hydrogens is 517 g/mol. The predicted octanol–water partition coefficient (Wildman–Crippen LogP) is 3.26. The molecule has 1 aromatic carbocycles. The number of rotatable bonds is 4. The predicted molar refractivity (Wildman–Crippen MR) is 138 cm³/mol. The standard InChI is InChI=1S/C26H29F3N6O4/c1-14-21(24(37)35-6-4-16(5-7-35)34-8-10-39-11-9-34)22(26(27,28)29)20(31-14)13-18-17-12-15(32-25(30)38)2-3-19(17)33-23(18)36/h2-3,12-13,16,31H,4-11H2,1H3,(H,33,36)(H3,30,32,38)/b18-13-. The third kappa shape index (κ3) is 5.36. The fourth-order valence-corrected chi connectivity index (χ4v) is 5.55. The number of amides is 4. The fraction of sp³-hybridized carbons (Fsp3) is 0.423. The molecule has 2 fully saturated rings. The van der Waals surface area contributed by atoms with Crippen LogP contribution in [0.1, 0.15) is 45.7 Å². The van der Waals surface area contributed by atoms with Gasteiger partial charge < -0.3 is 31.0 Å². The summed E-state index contributed by atoms with van der Waals surface area (Å²) in [5.74, 6) is -1.30. The second kappa shape index (κ2) is 10.4. The van der Waals surface area contributed by atoms with Gasteiger partial charge in [0.15, 0.2) is 0 Å². The number of nitrogens with one attached hydrogen (secondary N) is 3. The number of urea groups is 1. The lowest BCUT2D eigenvalue weighted by Crippen LogP contribution is -2.50. The number of nitrogens with two attached hydrogens (primary N) is 1. The number of carbonyl (C=O) groups excluding carboxylic acids is 3. The van der Waals surface area contributed by atoms with Crippen molar-refractivity contribution in [3.05, 3.63) is 46.3 Å². The molecule has 0 unspecified atom stereocenters. The molecule has 4 heterocycles. The highest BCUT2D eigenvalue weighted by Crippen LogP contribution is 2.41. The molecule has 0 bridgehead atoms. The Morgan fingerprint density at radius 2 is 1.85 bits per heavy atom. The monoisotopic (exact) mass is 546 g/mol. The van der Waals surface area contributed by atoms with Gasteiger partial charge in [0.05, 0.1) is 35.6 Å². The van der Waals surface area contributed by atoms with Crippen LogP contribution in [0.3, 0.4) is 0 Å². The number of morpholine rings is 1. The number of aryl methyl sites for hydroxylation is 1. The number of primary amides is 1. The van der Waals surface area contributed by atoms with E-state index in [0.29, 0.717) is 50.4 Å². The highest BCUT2D eigenvalue weighted by molar-refractivity contribution is 6.35. The minimum Gasteiger partial charge on any atom is -0.379 e. The van der Waals surface area contributed by atoms with Crippen LogP contribution >= 0.6 is 0 Å². The van der Waals surface area contributed by atoms with Gasteiger partial charge in [-0.15, -0.1) is 0 Å². The molecule has 10 nitrogen and oxygen atoms in total. The molecule has 0 aliphatic carbocycles. The summed E-state index contributed by atoms with van der Waals surface area (Å²) in [7, 11) is 0. The molecule has 3 aliphatic rings. The first-order valence-corrected chi connectivity index (χ1v) is 12.7. The van der Waals surface area contributed by atoms with Gasteiger partial charge in [-0.3, -0.25) is 14.5 Å². The molecule has 1 aromatic heterocycles. The first kappa shape index (κ1) is 26.8. The number of carbonyl (C=O) groups is 3. The lowest BCUT2D eigenvalue weighted by molar-refractivity contribution is -0.138. The fourth-order valence-electron chi connectivity index (χ4n) is 5.55. The SMILES string of the molecule is Cc1[nH]c(/C=C2\C(=O)Nc3ccc(NC(N)=O)cc32)c(C(F)(F)F)c1C(=O)N1CCC(N2CCOCC2)CC1. The number of nitrogens with zero attached hydrogens (tertiary/aromatic N) is 2. The Labute approximate surface area is 222 Å². The first-order chi connectivity index (χ1) is 18.5. The van der Waals surface area contributed by atoms with Crippen LogP contribution in [0.5, 0.6) is 0 Å². The average molecular weight is 547 g/mol. The van der Waals surface area contributed by atoms with E-state index in [-0.39, 0.29) is 23.0 Å². The Bertz CT molecular complexity index is 1340. The molecule has 2 saturated heterocycles. The zero-order valence-electron chi connectivity index (χ0n) is 21.3. The maximum Gasteiger partial charge on any atom is 0.419 e. The Morgan fingerprint density at radius 1 is 1.15 bits per heavy atom. The van der Waals surface area contributed by atoms with Crippen molar-refractivity contribution < 1.29 is 32.3 Å². The maximum atomic E-state index is 14.4. The Kier molecular flexibility index (Phi) is 7.12. The van der Waals surface area contributed by atoms with Crippen molar-refractivity contribution in [2.24, 2.45) is 5.73 Å². The zero-order chi connectivity index (χ0) is 27.9. The summed E-state index contributed by atoms with van der Waals surface area (Å²) in [4.78, 5) is 43.9. The van der Waals surface area contributed by atoms with Crippen molar-refractivity contribution in [2.75, 3.05) is 50.0 Å². The van der Waals surface area contributed by atoms with E-state index in [4.69, 9.17) is 10.5 Å². The van der Waals surface area contributed by atoms with Gasteiger partial charge >= 0.3 is 12.2 Å². The molecule has 208 valence electrons. The van der Waals surface area contributed by atoms with Gasteiger partial charge in [0.1, 0.15) is 0 Å². The number of ether oxygens (including phenoxy) is 1. The quantitative estimate of drug-likeness (QED) is 0.437. The van der Waals surface area contributed by atoms with E-state index in [0.717, 1.165) is 19.2 Å².